The van der Waals surface area contributed by atoms with Gasteiger partial charge in [0.05, 0.1) is 5.56 Å². The first-order chi connectivity index (χ1) is 8.83. The first-order valence-electron chi connectivity index (χ1n) is 6.24. The molecule has 0 amide bonds. The van der Waals surface area contributed by atoms with Crippen molar-refractivity contribution in [2.24, 2.45) is 5.41 Å². The van der Waals surface area contributed by atoms with Crippen LogP contribution in [0.3, 0.4) is 0 Å². The molecule has 5 heteroatoms. The Morgan fingerprint density at radius 2 is 1.50 bits per heavy atom. The fraction of sp³-hybridized carbons (Fsp3) is 0.533. The minimum Gasteiger partial charge on any atom is -0.294 e. The Labute approximate surface area is 125 Å². The number of carbonyl (C=O) groups excluding carboxylic acids is 1. The summed E-state index contributed by atoms with van der Waals surface area (Å²) < 4.78 is 37.2. The van der Waals surface area contributed by atoms with Gasteiger partial charge in [0.2, 0.25) is 0 Å². The zero-order valence-corrected chi connectivity index (χ0v) is 13.5. The Morgan fingerprint density at radius 3 is 1.85 bits per heavy atom. The van der Waals surface area contributed by atoms with Crippen molar-refractivity contribution in [3.05, 3.63) is 35.4 Å². The number of hydrogen-bond acceptors (Lipinski definition) is 1. The Kier molecular flexibility index (Phi) is 4.74. The molecule has 0 radical (unpaired) electrons. The van der Waals surface area contributed by atoms with Crippen LogP contribution in [-0.2, 0) is 6.18 Å². The number of ketones is 1. The smallest absolute Gasteiger partial charge is 0.294 e. The van der Waals surface area contributed by atoms with Gasteiger partial charge in [-0.2, -0.15) is 13.2 Å². The Hall–Kier alpha value is -0.840. The van der Waals surface area contributed by atoms with Gasteiger partial charge in [0.1, 0.15) is 0 Å². The fourth-order valence-corrected chi connectivity index (χ4v) is 3.03. The number of rotatable bonds is 4. The van der Waals surface area contributed by atoms with Gasteiger partial charge in [0.15, 0.2) is 5.78 Å². The molecule has 0 N–H and O–H groups in total. The minimum atomic E-state index is -4.38. The van der Waals surface area contributed by atoms with E-state index >= 15 is 0 Å². The van der Waals surface area contributed by atoms with Gasteiger partial charge in [-0.15, -0.1) is 0 Å². The molecule has 0 saturated heterocycles. The molecule has 0 aliphatic carbocycles. The van der Waals surface area contributed by atoms with E-state index < -0.39 is 17.2 Å². The maximum atomic E-state index is 12.5. The molecule has 0 aliphatic rings. The second kappa shape index (κ2) is 5.51. The van der Waals surface area contributed by atoms with Crippen LogP contribution in [0.5, 0.6) is 0 Å². The quantitative estimate of drug-likeness (QED) is 0.519. The SMILES string of the molecule is CC(C)(Br)CC(C)(C)C(=O)c1ccc(C(F)(F)F)cc1. The number of alkyl halides is 4. The Bertz CT molecular complexity index is 481. The van der Waals surface area contributed by atoms with Crippen LogP contribution in [0.4, 0.5) is 13.2 Å². The molecule has 1 aromatic rings. The van der Waals surface area contributed by atoms with E-state index in [2.05, 4.69) is 15.9 Å². The molecule has 1 rings (SSSR count). The van der Waals surface area contributed by atoms with Crippen molar-refractivity contribution in [2.75, 3.05) is 0 Å². The van der Waals surface area contributed by atoms with Crippen molar-refractivity contribution in [1.29, 1.82) is 0 Å². The van der Waals surface area contributed by atoms with Crippen LogP contribution in [0.25, 0.3) is 0 Å². The van der Waals surface area contributed by atoms with Crippen LogP contribution in [-0.4, -0.2) is 10.1 Å². The van der Waals surface area contributed by atoms with Gasteiger partial charge in [-0.3, -0.25) is 4.79 Å². The molecule has 0 aliphatic heterocycles. The Morgan fingerprint density at radius 1 is 1.05 bits per heavy atom. The van der Waals surface area contributed by atoms with E-state index in [1.165, 1.54) is 12.1 Å². The summed E-state index contributed by atoms with van der Waals surface area (Å²) >= 11 is 3.49. The first-order valence-corrected chi connectivity index (χ1v) is 7.03. The normalized spacial score (nSPS) is 13.4. The van der Waals surface area contributed by atoms with Crippen LogP contribution in [0.1, 0.15) is 50.0 Å². The molecule has 1 aromatic carbocycles. The third-order valence-corrected chi connectivity index (χ3v) is 3.23. The average molecular weight is 351 g/mol. The van der Waals surface area contributed by atoms with Crippen molar-refractivity contribution >= 4 is 21.7 Å². The maximum absolute atomic E-state index is 12.5. The molecule has 1 nitrogen and oxygen atoms in total. The van der Waals surface area contributed by atoms with E-state index in [9.17, 15) is 18.0 Å². The monoisotopic (exact) mass is 350 g/mol. The summed E-state index contributed by atoms with van der Waals surface area (Å²) in [6, 6.07) is 4.38. The van der Waals surface area contributed by atoms with E-state index in [1.807, 2.05) is 13.8 Å². The number of hydrogen-bond donors (Lipinski definition) is 0. The van der Waals surface area contributed by atoms with E-state index in [-0.39, 0.29) is 10.1 Å². The lowest BCUT2D eigenvalue weighted by Gasteiger charge is -2.30. The summed E-state index contributed by atoms with van der Waals surface area (Å²) in [5, 5.41) is 0. The van der Waals surface area contributed by atoms with Crippen LogP contribution in [0.15, 0.2) is 24.3 Å². The minimum absolute atomic E-state index is 0.154. The molecule has 0 heterocycles. The van der Waals surface area contributed by atoms with Crippen LogP contribution >= 0.6 is 15.9 Å². The molecule has 0 bridgehead atoms. The predicted molar refractivity (Wildman–Crippen MR) is 77.2 cm³/mol. The number of halogens is 4. The highest BCUT2D eigenvalue weighted by Gasteiger charge is 2.35. The van der Waals surface area contributed by atoms with E-state index in [0.717, 1.165) is 12.1 Å². The number of benzene rings is 1. The van der Waals surface area contributed by atoms with Gasteiger partial charge in [0, 0.05) is 15.3 Å². The predicted octanol–water partition coefficient (Wildman–Crippen LogP) is 5.48. The molecule has 0 atom stereocenters. The highest BCUT2D eigenvalue weighted by atomic mass is 79.9. The largest absolute Gasteiger partial charge is 0.416 e. The lowest BCUT2D eigenvalue weighted by molar-refractivity contribution is -0.137. The lowest BCUT2D eigenvalue weighted by Crippen LogP contribution is -2.31. The van der Waals surface area contributed by atoms with Gasteiger partial charge < -0.3 is 0 Å². The summed E-state index contributed by atoms with van der Waals surface area (Å²) in [4.78, 5) is 12.4. The maximum Gasteiger partial charge on any atom is 0.416 e. The topological polar surface area (TPSA) is 17.1 Å². The summed E-state index contributed by atoms with van der Waals surface area (Å²) in [5.74, 6) is -0.154. The zero-order chi connectivity index (χ0) is 15.8. The molecule has 20 heavy (non-hydrogen) atoms. The molecule has 0 unspecified atom stereocenters. The number of carbonyl (C=O) groups is 1. The third-order valence-electron chi connectivity index (χ3n) is 2.95. The molecule has 0 spiro atoms. The van der Waals surface area contributed by atoms with Gasteiger partial charge in [-0.1, -0.05) is 55.8 Å². The molecular formula is C15H18BrF3O. The zero-order valence-electron chi connectivity index (χ0n) is 11.9. The first kappa shape index (κ1) is 17.2. The van der Waals surface area contributed by atoms with Crippen molar-refractivity contribution in [2.45, 2.75) is 44.6 Å². The van der Waals surface area contributed by atoms with Crippen molar-refractivity contribution in [3.63, 3.8) is 0 Å². The van der Waals surface area contributed by atoms with Gasteiger partial charge in [0.25, 0.3) is 0 Å². The van der Waals surface area contributed by atoms with Gasteiger partial charge in [-0.05, 0) is 18.6 Å². The number of Topliss-reactive ketones (excluding diaryl/α,β-unsaturated/α-hetero) is 1. The second-order valence-corrected chi connectivity index (χ2v) is 8.33. The van der Waals surface area contributed by atoms with E-state index in [0.29, 0.717) is 12.0 Å². The summed E-state index contributed by atoms with van der Waals surface area (Å²) in [6.07, 6.45) is -3.80. The summed E-state index contributed by atoms with van der Waals surface area (Å²) in [7, 11) is 0. The van der Waals surface area contributed by atoms with E-state index in [1.54, 1.807) is 13.8 Å². The summed E-state index contributed by atoms with van der Waals surface area (Å²) in [6.45, 7) is 7.51. The highest BCUT2D eigenvalue weighted by molar-refractivity contribution is 9.10. The second-order valence-electron chi connectivity index (χ2n) is 6.18. The fourth-order valence-electron chi connectivity index (χ4n) is 2.33. The standard InChI is InChI=1S/C15H18BrF3O/c1-13(2,9-14(3,4)16)12(20)10-5-7-11(8-6-10)15(17,18)19/h5-8H,9H2,1-4H3. The molecule has 0 fully saturated rings. The van der Waals surface area contributed by atoms with Gasteiger partial charge >= 0.3 is 6.18 Å². The highest BCUT2D eigenvalue weighted by Crippen LogP contribution is 2.36. The average Bonchev–Trinajstić information content (AvgIpc) is 2.24. The van der Waals surface area contributed by atoms with Crippen LogP contribution < -0.4 is 0 Å². The summed E-state index contributed by atoms with van der Waals surface area (Å²) in [5.41, 5.74) is -1.08. The molecule has 0 aromatic heterocycles. The molecule has 0 saturated carbocycles. The lowest BCUT2D eigenvalue weighted by atomic mass is 9.77. The van der Waals surface area contributed by atoms with Gasteiger partial charge in [-0.25, -0.2) is 0 Å². The van der Waals surface area contributed by atoms with Crippen LogP contribution in [0.2, 0.25) is 0 Å². The Balaban J connectivity index is 2.98. The van der Waals surface area contributed by atoms with Crippen molar-refractivity contribution in [1.82, 2.24) is 0 Å². The van der Waals surface area contributed by atoms with Crippen LogP contribution in [0, 0.1) is 5.41 Å². The van der Waals surface area contributed by atoms with E-state index in [4.69, 9.17) is 0 Å². The van der Waals surface area contributed by atoms with Crippen molar-refractivity contribution < 1.29 is 18.0 Å². The molecule has 112 valence electrons. The van der Waals surface area contributed by atoms with Crippen molar-refractivity contribution in [3.8, 4) is 0 Å². The third kappa shape index (κ3) is 4.62. The molecular weight excluding hydrogens is 333 g/mol.